The number of fused-ring (bicyclic) bond motifs is 16. The van der Waals surface area contributed by atoms with E-state index in [0.717, 1.165) is 205 Å². The second-order valence-electron chi connectivity index (χ2n) is 30.3. The molecule has 16 bridgehead atoms. The van der Waals surface area contributed by atoms with Gasteiger partial charge in [0.2, 0.25) is 0 Å². The van der Waals surface area contributed by atoms with Gasteiger partial charge in [0.05, 0.1) is 45.6 Å². The molecule has 0 unspecified atom stereocenters. The molecule has 14 aromatic rings. The van der Waals surface area contributed by atoms with E-state index in [4.69, 9.17) is 26.4 Å². The fourth-order valence-electron chi connectivity index (χ4n) is 17.4. The molecule has 538 valence electrons. The number of aromatic nitrogens is 8. The molecule has 0 amide bonds. The summed E-state index contributed by atoms with van der Waals surface area (Å²) < 4.78 is 1.01. The lowest BCUT2D eigenvalue weighted by Crippen LogP contribution is -1.95. The Kier molecular flexibility index (Phi) is 17.7. The van der Waals surface area contributed by atoms with E-state index in [-0.39, 0.29) is 0 Å². The quantitative estimate of drug-likeness (QED) is 0.113. The predicted molar refractivity (Wildman–Crippen MR) is 475 cm³/mol. The number of nitrogens with one attached hydrogen (secondary N) is 4. The standard InChI is InChI=1S/C103H79BrN8/c1-13-68-17-23-71(24-18-68)96-77-34-42-85(105-77)100(76-33-14-57(2)50-61(76)6)86-43-35-78(106-86)97(80-37-45-88(108-80)101(87-44-36-79(96)107-87)93-62(7)51-58(3)52-63(93)8)72-25-19-69(20-26-72)15-16-70-21-27-73(28-22-70)98-81-38-46-89(109-81)102(94-64(9)53-59(4)54-65(94)10)91-48-40-83(111-91)99(74-29-31-75(104)32-30-74)84-41-49-92(112-84)103(90-47-39-82(98)110-90)95-66(11)55-60(5)56-67(95)12/h1,14,17-56,105,108-109,112H,2-12H3. The molecular formula is C103H79BrN8. The molecule has 0 radical (unpaired) electrons. The smallest absolute Gasteiger partial charge is 0.0737 e. The lowest BCUT2D eigenvalue weighted by molar-refractivity contribution is 1.28. The van der Waals surface area contributed by atoms with Crippen LogP contribution in [0.5, 0.6) is 0 Å². The molecule has 112 heavy (non-hydrogen) atoms. The molecule has 18 rings (SSSR count). The number of hydrogen-bond acceptors (Lipinski definition) is 4. The van der Waals surface area contributed by atoms with Crippen molar-refractivity contribution in [1.29, 1.82) is 0 Å². The second-order valence-corrected chi connectivity index (χ2v) is 31.2. The van der Waals surface area contributed by atoms with Crippen LogP contribution in [0.3, 0.4) is 0 Å². The molecule has 4 N–H and O–H groups in total. The van der Waals surface area contributed by atoms with Gasteiger partial charge >= 0.3 is 0 Å². The molecule has 4 aliphatic heterocycles. The van der Waals surface area contributed by atoms with Crippen molar-refractivity contribution in [3.05, 3.63) is 328 Å². The highest BCUT2D eigenvalue weighted by Gasteiger charge is 2.25. The summed E-state index contributed by atoms with van der Waals surface area (Å²) in [7, 11) is 0. The van der Waals surface area contributed by atoms with Gasteiger partial charge in [0, 0.05) is 110 Å². The number of H-pyrrole nitrogens is 4. The van der Waals surface area contributed by atoms with Crippen LogP contribution >= 0.6 is 15.9 Å². The fourth-order valence-corrected chi connectivity index (χ4v) is 17.7. The largest absolute Gasteiger partial charge is 0.354 e. The van der Waals surface area contributed by atoms with E-state index in [2.05, 4.69) is 366 Å². The van der Waals surface area contributed by atoms with Gasteiger partial charge in [-0.25, -0.2) is 19.9 Å². The lowest BCUT2D eigenvalue weighted by atomic mass is 9.92. The predicted octanol–water partition coefficient (Wildman–Crippen LogP) is 26.5. The fraction of sp³-hybridized carbons (Fsp3) is 0.107. The first kappa shape index (κ1) is 70.2. The van der Waals surface area contributed by atoms with Gasteiger partial charge in [-0.15, -0.1) is 6.42 Å². The molecule has 8 aromatic carbocycles. The minimum Gasteiger partial charge on any atom is -0.354 e. The average molecular weight is 1510 g/mol. The summed E-state index contributed by atoms with van der Waals surface area (Å²) in [5.74, 6) is 9.93. The Morgan fingerprint density at radius 2 is 0.482 bits per heavy atom. The average Bonchev–Trinajstić information content (AvgIpc) is 1.59. The highest BCUT2D eigenvalue weighted by molar-refractivity contribution is 9.10. The van der Waals surface area contributed by atoms with Crippen molar-refractivity contribution >= 4 is 109 Å². The second kappa shape index (κ2) is 28.2. The van der Waals surface area contributed by atoms with Crippen LogP contribution in [-0.4, -0.2) is 39.9 Å². The van der Waals surface area contributed by atoms with Gasteiger partial charge in [-0.3, -0.25) is 0 Å². The van der Waals surface area contributed by atoms with Crippen LogP contribution in [0.1, 0.15) is 123 Å². The highest BCUT2D eigenvalue weighted by atomic mass is 79.9. The molecule has 0 aliphatic carbocycles. The molecule has 8 nitrogen and oxygen atoms in total. The maximum Gasteiger partial charge on any atom is 0.0737 e. The lowest BCUT2D eigenvalue weighted by Gasteiger charge is -2.13. The highest BCUT2D eigenvalue weighted by Crippen LogP contribution is 2.45. The van der Waals surface area contributed by atoms with Gasteiger partial charge < -0.3 is 19.9 Å². The van der Waals surface area contributed by atoms with Crippen molar-refractivity contribution in [3.63, 3.8) is 0 Å². The Morgan fingerprint density at radius 1 is 0.241 bits per heavy atom. The molecule has 0 saturated carbocycles. The van der Waals surface area contributed by atoms with Crippen molar-refractivity contribution in [1.82, 2.24) is 39.9 Å². The number of nitrogens with zero attached hydrogens (tertiary/aromatic N) is 4. The van der Waals surface area contributed by atoms with Crippen LogP contribution in [0, 0.1) is 100 Å². The van der Waals surface area contributed by atoms with Crippen molar-refractivity contribution < 1.29 is 0 Å². The van der Waals surface area contributed by atoms with E-state index in [0.29, 0.717) is 0 Å². The summed E-state index contributed by atoms with van der Waals surface area (Å²) in [6.07, 6.45) is 23.3. The van der Waals surface area contributed by atoms with E-state index in [1.807, 2.05) is 12.1 Å². The van der Waals surface area contributed by atoms with E-state index < -0.39 is 0 Å². The van der Waals surface area contributed by atoms with Gasteiger partial charge in [-0.2, -0.15) is 0 Å². The molecule has 0 saturated heterocycles. The van der Waals surface area contributed by atoms with E-state index in [1.54, 1.807) is 0 Å². The third kappa shape index (κ3) is 12.8. The number of benzene rings is 8. The molecule has 9 heteroatoms. The van der Waals surface area contributed by atoms with Crippen molar-refractivity contribution in [3.8, 4) is 113 Å². The Balaban J connectivity index is 0.791. The third-order valence-corrected chi connectivity index (χ3v) is 22.6. The number of aryl methyl sites for hydroxylation is 11. The molecule has 0 spiro atoms. The Labute approximate surface area is 661 Å². The van der Waals surface area contributed by atoms with Crippen LogP contribution in [-0.2, 0) is 0 Å². The summed E-state index contributed by atoms with van der Waals surface area (Å²) in [4.78, 5) is 38.5. The first-order chi connectivity index (χ1) is 54.3. The SMILES string of the molecule is C#Cc1ccc(-c2c3nc(c(-c4c(C)cc(C)cc4C)c4ccc([nH]4)c(-c4ccc(C#Cc5ccc(-c6c7nc(c(-c8c(C)cc(C)cc8C)c8ccc([nH]8)c(-c8ccc(Br)cc8)c8nc(c(-c9c(C)cc(C)cc9C)c9ccc6[nH]9)C=C8)C=C7)cc5)cc4)c4nc(c(-c5ccc(C)cc5C)c5ccc2[nH]5)C=C4)C=C3)cc1. The number of aromatic amines is 4. The summed E-state index contributed by atoms with van der Waals surface area (Å²) in [6.45, 7) is 24.0. The summed E-state index contributed by atoms with van der Waals surface area (Å²) >= 11 is 3.72. The van der Waals surface area contributed by atoms with E-state index in [9.17, 15) is 0 Å². The van der Waals surface area contributed by atoms with Crippen LogP contribution in [0.25, 0.3) is 182 Å². The zero-order chi connectivity index (χ0) is 76.9. The molecule has 0 fully saturated rings. The van der Waals surface area contributed by atoms with Crippen molar-refractivity contribution in [2.24, 2.45) is 0 Å². The maximum atomic E-state index is 5.93. The number of hydrogen-bond donors (Lipinski definition) is 4. The van der Waals surface area contributed by atoms with Gasteiger partial charge in [0.1, 0.15) is 0 Å². The van der Waals surface area contributed by atoms with E-state index in [1.165, 1.54) is 55.6 Å². The van der Waals surface area contributed by atoms with Gasteiger partial charge in [0.15, 0.2) is 0 Å². The van der Waals surface area contributed by atoms with Crippen molar-refractivity contribution in [2.45, 2.75) is 76.2 Å². The van der Waals surface area contributed by atoms with Gasteiger partial charge in [-0.1, -0.05) is 159 Å². The normalized spacial score (nSPS) is 12.1. The maximum absolute atomic E-state index is 5.93. The molecule has 4 aliphatic rings. The molecule has 10 heterocycles. The minimum atomic E-state index is 0.812. The summed E-state index contributed by atoms with van der Waals surface area (Å²) in [5, 5.41) is 0. The molecular weight excluding hydrogens is 1430 g/mol. The Hall–Kier alpha value is -13.4. The molecule has 0 atom stereocenters. The zero-order valence-electron chi connectivity index (χ0n) is 64.4. The van der Waals surface area contributed by atoms with Crippen LogP contribution in [0.4, 0.5) is 0 Å². The van der Waals surface area contributed by atoms with Gasteiger partial charge in [-0.05, 0) is 305 Å². The van der Waals surface area contributed by atoms with Crippen LogP contribution in [0.15, 0.2) is 205 Å². The van der Waals surface area contributed by atoms with Gasteiger partial charge in [0.25, 0.3) is 0 Å². The first-order valence-corrected chi connectivity index (χ1v) is 38.8. The number of halogens is 1. The topological polar surface area (TPSA) is 115 Å². The third-order valence-electron chi connectivity index (χ3n) is 22.1. The van der Waals surface area contributed by atoms with E-state index >= 15 is 0 Å². The van der Waals surface area contributed by atoms with Crippen LogP contribution in [0.2, 0.25) is 0 Å². The number of rotatable bonds is 8. The number of terminal acetylenes is 1. The summed E-state index contributed by atoms with van der Waals surface area (Å²) in [6, 6.07) is 71.7. The minimum absolute atomic E-state index is 0.812. The monoisotopic (exact) mass is 1510 g/mol. The summed E-state index contributed by atoms with van der Waals surface area (Å²) in [5.41, 5.74) is 46.4. The van der Waals surface area contributed by atoms with Crippen molar-refractivity contribution in [2.75, 3.05) is 0 Å². The Morgan fingerprint density at radius 3 is 0.768 bits per heavy atom. The Bertz CT molecular complexity index is 6850. The molecule has 6 aromatic heterocycles. The van der Waals surface area contributed by atoms with Crippen LogP contribution < -0.4 is 0 Å². The zero-order valence-corrected chi connectivity index (χ0v) is 66.0. The first-order valence-electron chi connectivity index (χ1n) is 38.0.